The van der Waals surface area contributed by atoms with Gasteiger partial charge in [-0.1, -0.05) is 0 Å². The maximum absolute atomic E-state index is 8.58. The quantitative estimate of drug-likeness (QED) is 0.336. The average Bonchev–Trinajstić information content (AvgIpc) is 0.722. The molecule has 7 heteroatoms. The summed E-state index contributed by atoms with van der Waals surface area (Å²) < 4.78 is 0. The van der Waals surface area contributed by atoms with Gasteiger partial charge in [-0.05, 0) is 0 Å². The second-order valence-electron chi connectivity index (χ2n) is 0.500. The molecule has 0 atom stereocenters. The van der Waals surface area contributed by atoms with E-state index >= 15 is 0 Å². The first-order valence-electron chi connectivity index (χ1n) is 0.816. The first-order valence-corrected chi connectivity index (χ1v) is 2.45. The summed E-state index contributed by atoms with van der Waals surface area (Å²) in [6.45, 7) is 0. The Morgan fingerprint density at radius 1 is 0.857 bits per heavy atom. The van der Waals surface area contributed by atoms with E-state index in [0.29, 0.717) is 0 Å². The zero-order valence-corrected chi connectivity index (χ0v) is 7.13. The number of hydrogen-bond acceptors (Lipinski definition) is 4. The Hall–Kier alpha value is 1.29. The molecule has 0 aromatic carbocycles. The van der Waals surface area contributed by atoms with Gasteiger partial charge in [-0.3, -0.25) is 0 Å². The summed E-state index contributed by atoms with van der Waals surface area (Å²) in [5.74, 6) is 0. The Bertz CT molecular complexity index is 27.2. The molecule has 0 heterocycles. The molecule has 0 bridgehead atoms. The van der Waals surface area contributed by atoms with Gasteiger partial charge in [0.05, 0.1) is 0 Å². The third kappa shape index (κ3) is 123. The Balaban J connectivity index is -0.0000000800. The van der Waals surface area contributed by atoms with E-state index in [9.17, 15) is 0 Å². The molecule has 0 aliphatic rings. The third-order valence-electron chi connectivity index (χ3n) is 0. The van der Waals surface area contributed by atoms with Crippen molar-refractivity contribution in [2.75, 3.05) is 0 Å². The summed E-state index contributed by atoms with van der Waals surface area (Å²) in [5.41, 5.74) is 0. The SMILES string of the molecule is [Ga+3].[Li+].[O-][Si]([O-])([O-])[O-]. The van der Waals surface area contributed by atoms with Crippen molar-refractivity contribution in [1.29, 1.82) is 0 Å². The standard InChI is InChI=1S/Ga.Li.O4Si/c;;1-5(2,3)4/q+3;+1;-4. The summed E-state index contributed by atoms with van der Waals surface area (Å²) in [6, 6.07) is 0. The van der Waals surface area contributed by atoms with Crippen molar-refractivity contribution in [2.24, 2.45) is 0 Å². The van der Waals surface area contributed by atoms with Crippen molar-refractivity contribution in [3.63, 3.8) is 0 Å². The van der Waals surface area contributed by atoms with Crippen LogP contribution in [-0.2, 0) is 0 Å². The van der Waals surface area contributed by atoms with Crippen LogP contribution in [0.1, 0.15) is 0 Å². The van der Waals surface area contributed by atoms with Gasteiger partial charge in [0.2, 0.25) is 0 Å². The fourth-order valence-electron chi connectivity index (χ4n) is 0. The van der Waals surface area contributed by atoms with Crippen LogP contribution in [0.4, 0.5) is 0 Å². The molecule has 0 aliphatic heterocycles. The van der Waals surface area contributed by atoms with E-state index < -0.39 is 9.05 Å². The Labute approximate surface area is 66.9 Å². The molecule has 0 radical (unpaired) electrons. The van der Waals surface area contributed by atoms with Gasteiger partial charge in [0.25, 0.3) is 0 Å². The average molecular weight is 169 g/mol. The second kappa shape index (κ2) is 5.43. The van der Waals surface area contributed by atoms with E-state index in [0.717, 1.165) is 0 Å². The summed E-state index contributed by atoms with van der Waals surface area (Å²) in [7, 11) is -5.61. The van der Waals surface area contributed by atoms with E-state index in [4.69, 9.17) is 19.2 Å². The molecule has 0 unspecified atom stereocenters. The normalized spacial score (nSPS) is 8.57. The van der Waals surface area contributed by atoms with Crippen molar-refractivity contribution in [3.05, 3.63) is 0 Å². The van der Waals surface area contributed by atoms with Crippen molar-refractivity contribution >= 4 is 28.8 Å². The van der Waals surface area contributed by atoms with Crippen LogP contribution in [0.5, 0.6) is 0 Å². The molecule has 0 fully saturated rings. The van der Waals surface area contributed by atoms with E-state index in [1.54, 1.807) is 0 Å². The van der Waals surface area contributed by atoms with E-state index in [1.165, 1.54) is 0 Å². The molecule has 0 aromatic heterocycles. The molecule has 0 saturated heterocycles. The summed E-state index contributed by atoms with van der Waals surface area (Å²) >= 11 is 0. The molecule has 0 amide bonds. The van der Waals surface area contributed by atoms with Crippen LogP contribution in [0, 0.1) is 0 Å². The van der Waals surface area contributed by atoms with Gasteiger partial charge in [0.15, 0.2) is 0 Å². The summed E-state index contributed by atoms with van der Waals surface area (Å²) in [6.07, 6.45) is 0. The summed E-state index contributed by atoms with van der Waals surface area (Å²) in [4.78, 5) is 34.3. The third-order valence-corrected chi connectivity index (χ3v) is 0. The largest absolute Gasteiger partial charge is 3.00 e. The van der Waals surface area contributed by atoms with Crippen molar-refractivity contribution < 1.29 is 38.0 Å². The molecule has 7 heavy (non-hydrogen) atoms. The van der Waals surface area contributed by atoms with Gasteiger partial charge in [0.1, 0.15) is 0 Å². The fraction of sp³-hybridized carbons (Fsp3) is 0. The van der Waals surface area contributed by atoms with Gasteiger partial charge < -0.3 is 28.2 Å². The maximum atomic E-state index is 8.58. The molecule has 0 aromatic rings. The van der Waals surface area contributed by atoms with Gasteiger partial charge in [-0.25, -0.2) is 0 Å². The zero-order valence-electron chi connectivity index (χ0n) is 3.71. The van der Waals surface area contributed by atoms with Crippen LogP contribution >= 0.6 is 0 Å². The first kappa shape index (κ1) is 15.7. The van der Waals surface area contributed by atoms with Gasteiger partial charge in [-0.2, -0.15) is 0 Å². The number of rotatable bonds is 0. The Morgan fingerprint density at radius 2 is 0.857 bits per heavy atom. The van der Waals surface area contributed by atoms with Crippen molar-refractivity contribution in [3.8, 4) is 0 Å². The molecule has 0 spiro atoms. The molecule has 0 aliphatic carbocycles. The van der Waals surface area contributed by atoms with Crippen LogP contribution in [0.2, 0.25) is 0 Å². The minimum absolute atomic E-state index is 0. The van der Waals surface area contributed by atoms with Crippen LogP contribution in [-0.4, -0.2) is 28.8 Å². The topological polar surface area (TPSA) is 92.2 Å². The van der Waals surface area contributed by atoms with E-state index in [1.807, 2.05) is 0 Å². The predicted octanol–water partition coefficient (Wildman–Crippen LogP) is -8.51. The first-order chi connectivity index (χ1) is 2.00. The fourth-order valence-corrected chi connectivity index (χ4v) is 0. The smallest absolute Gasteiger partial charge is 0.894 e. The monoisotopic (exact) mass is 168 g/mol. The minimum atomic E-state index is -5.61. The molecular weight excluding hydrogens is 169 g/mol. The minimum Gasteiger partial charge on any atom is -0.894 e. The summed E-state index contributed by atoms with van der Waals surface area (Å²) in [5, 5.41) is 0. The molecule has 32 valence electrons. The van der Waals surface area contributed by atoms with Gasteiger partial charge in [-0.15, -0.1) is 0 Å². The predicted molar refractivity (Wildman–Crippen MR) is 11.5 cm³/mol. The zero-order chi connectivity index (χ0) is 4.50. The van der Waals surface area contributed by atoms with E-state index in [2.05, 4.69) is 0 Å². The van der Waals surface area contributed by atoms with Crippen molar-refractivity contribution in [1.82, 2.24) is 0 Å². The molecule has 0 N–H and O–H groups in total. The van der Waals surface area contributed by atoms with E-state index in [-0.39, 0.29) is 38.7 Å². The van der Waals surface area contributed by atoms with Crippen LogP contribution in [0.15, 0.2) is 0 Å². The maximum Gasteiger partial charge on any atom is 3.00 e. The van der Waals surface area contributed by atoms with Crippen molar-refractivity contribution in [2.45, 2.75) is 0 Å². The Morgan fingerprint density at radius 3 is 0.857 bits per heavy atom. The van der Waals surface area contributed by atoms with Gasteiger partial charge in [0, 0.05) is 0 Å². The van der Waals surface area contributed by atoms with Crippen LogP contribution in [0.25, 0.3) is 0 Å². The Kier molecular flexibility index (Phi) is 12.2. The number of hydrogen-bond donors (Lipinski definition) is 0. The molecule has 4 nitrogen and oxygen atoms in total. The molecule has 0 rings (SSSR count). The van der Waals surface area contributed by atoms with Crippen LogP contribution < -0.4 is 38.0 Å². The molecule has 0 saturated carbocycles. The van der Waals surface area contributed by atoms with Gasteiger partial charge >= 0.3 is 38.7 Å². The second-order valence-corrected chi connectivity index (χ2v) is 1.50. The van der Waals surface area contributed by atoms with Crippen LogP contribution in [0.3, 0.4) is 0 Å². The molecular formula is GaLiO4Si.